The van der Waals surface area contributed by atoms with Crippen molar-refractivity contribution in [2.75, 3.05) is 52.5 Å². The molecule has 0 aliphatic carbocycles. The summed E-state index contributed by atoms with van der Waals surface area (Å²) in [7, 11) is 0. The Morgan fingerprint density at radius 2 is 2.12 bits per heavy atom. The minimum Gasteiger partial charge on any atom is -0.481 e. The lowest BCUT2D eigenvalue weighted by atomic mass is 9.71. The summed E-state index contributed by atoms with van der Waals surface area (Å²) in [6.45, 7) is 9.98. The molecular formula is C23H35N3O6S. The van der Waals surface area contributed by atoms with Crippen LogP contribution in [0.3, 0.4) is 0 Å². The Balaban J connectivity index is 1.65. The molecule has 2 unspecified atom stereocenters. The fraction of sp³-hybridized carbons (Fsp3) is 0.783. The lowest BCUT2D eigenvalue weighted by Crippen LogP contribution is -2.58. The van der Waals surface area contributed by atoms with Crippen LogP contribution in [0.4, 0.5) is 0 Å². The highest BCUT2D eigenvalue weighted by molar-refractivity contribution is 8.02. The third-order valence-electron chi connectivity index (χ3n) is 7.78. The smallest absolute Gasteiger partial charge is 0.308 e. The minimum absolute atomic E-state index is 0.149. The van der Waals surface area contributed by atoms with Gasteiger partial charge in [0.25, 0.3) is 0 Å². The van der Waals surface area contributed by atoms with E-state index in [1.165, 1.54) is 11.8 Å². The second kappa shape index (κ2) is 9.93. The number of carbonyl (C=O) groups excluding carboxylic acids is 2. The van der Waals surface area contributed by atoms with Crippen LogP contribution < -0.4 is 0 Å². The van der Waals surface area contributed by atoms with Gasteiger partial charge in [-0.15, -0.1) is 18.3 Å². The van der Waals surface area contributed by atoms with E-state index in [9.17, 15) is 24.6 Å². The Kier molecular flexibility index (Phi) is 7.38. The van der Waals surface area contributed by atoms with Gasteiger partial charge in [-0.2, -0.15) is 0 Å². The normalized spacial score (nSPS) is 34.4. The van der Waals surface area contributed by atoms with E-state index in [-0.39, 0.29) is 23.7 Å². The maximum Gasteiger partial charge on any atom is 0.308 e. The molecule has 1 spiro atoms. The number of carboxylic acids is 1. The molecule has 4 saturated heterocycles. The Morgan fingerprint density at radius 1 is 1.39 bits per heavy atom. The summed E-state index contributed by atoms with van der Waals surface area (Å²) in [5.41, 5.74) is 0. The summed E-state index contributed by atoms with van der Waals surface area (Å²) in [4.78, 5) is 45.4. The zero-order chi connectivity index (χ0) is 23.8. The number of hydrogen-bond acceptors (Lipinski definition) is 7. The fourth-order valence-electron chi connectivity index (χ4n) is 6.17. The van der Waals surface area contributed by atoms with Crippen LogP contribution in [0, 0.1) is 11.8 Å². The van der Waals surface area contributed by atoms with Gasteiger partial charge < -0.3 is 24.7 Å². The van der Waals surface area contributed by atoms with E-state index in [2.05, 4.69) is 11.5 Å². The zero-order valence-electron chi connectivity index (χ0n) is 19.2. The van der Waals surface area contributed by atoms with Gasteiger partial charge in [-0.25, -0.2) is 0 Å². The van der Waals surface area contributed by atoms with Crippen molar-refractivity contribution >= 4 is 29.5 Å². The maximum atomic E-state index is 14.1. The largest absolute Gasteiger partial charge is 0.481 e. The van der Waals surface area contributed by atoms with Crippen molar-refractivity contribution < 1.29 is 29.3 Å². The highest BCUT2D eigenvalue weighted by atomic mass is 32.2. The molecule has 0 aromatic heterocycles. The molecule has 2 N–H and O–H groups in total. The molecule has 0 aromatic carbocycles. The van der Waals surface area contributed by atoms with Crippen molar-refractivity contribution in [1.82, 2.24) is 14.7 Å². The molecule has 0 radical (unpaired) electrons. The topological polar surface area (TPSA) is 111 Å². The Morgan fingerprint density at radius 3 is 2.73 bits per heavy atom. The average molecular weight is 482 g/mol. The van der Waals surface area contributed by atoms with Gasteiger partial charge in [-0.05, 0) is 19.3 Å². The van der Waals surface area contributed by atoms with E-state index < -0.39 is 34.6 Å². The predicted octanol–water partition coefficient (Wildman–Crippen LogP) is 0.280. The molecule has 6 atom stereocenters. The number of aliphatic hydroxyl groups is 1. The van der Waals surface area contributed by atoms with Crippen LogP contribution >= 0.6 is 11.8 Å². The van der Waals surface area contributed by atoms with Crippen molar-refractivity contribution in [3.63, 3.8) is 0 Å². The summed E-state index contributed by atoms with van der Waals surface area (Å²) >= 11 is 1.52. The van der Waals surface area contributed by atoms with Crippen molar-refractivity contribution in [3.05, 3.63) is 12.7 Å². The molecule has 9 nitrogen and oxygen atoms in total. The molecule has 2 amide bonds. The highest BCUT2D eigenvalue weighted by Crippen LogP contribution is 2.66. The minimum atomic E-state index is -0.965. The first-order valence-corrected chi connectivity index (χ1v) is 12.8. The van der Waals surface area contributed by atoms with E-state index in [1.54, 1.807) is 15.9 Å². The number of rotatable bonds is 10. The Labute approximate surface area is 199 Å². The number of nitrogens with zero attached hydrogens (tertiary/aromatic N) is 3. The van der Waals surface area contributed by atoms with E-state index in [0.29, 0.717) is 52.1 Å². The SMILES string of the molecule is C=CCN(CCN1CCOCC1)C(=O)C1N([C@@H](CC)CO)C(=O)[C@@H]2[C@@H](C(=O)O)[C@H]3CCC12S3. The molecule has 184 valence electrons. The summed E-state index contributed by atoms with van der Waals surface area (Å²) < 4.78 is 4.66. The van der Waals surface area contributed by atoms with Crippen LogP contribution in [0.5, 0.6) is 0 Å². The maximum absolute atomic E-state index is 14.1. The van der Waals surface area contributed by atoms with E-state index in [0.717, 1.165) is 13.1 Å². The lowest BCUT2D eigenvalue weighted by molar-refractivity contribution is -0.149. The quantitative estimate of drug-likeness (QED) is 0.428. The number of likely N-dealkylation sites (tertiary alicyclic amines) is 1. The first kappa shape index (κ1) is 24.5. The number of carbonyl (C=O) groups is 3. The molecule has 10 heteroatoms. The van der Waals surface area contributed by atoms with E-state index in [4.69, 9.17) is 4.74 Å². The number of carboxylic acid groups (broad SMARTS) is 1. The second-order valence-electron chi connectivity index (χ2n) is 9.41. The molecule has 4 rings (SSSR count). The fourth-order valence-corrected chi connectivity index (χ4v) is 8.36. The average Bonchev–Trinajstić information content (AvgIpc) is 3.46. The van der Waals surface area contributed by atoms with Crippen LogP contribution in [-0.4, -0.2) is 117 Å². The summed E-state index contributed by atoms with van der Waals surface area (Å²) in [5, 5.41) is 19.8. The van der Waals surface area contributed by atoms with Crippen LogP contribution in [-0.2, 0) is 19.1 Å². The third-order valence-corrected chi connectivity index (χ3v) is 9.74. The predicted molar refractivity (Wildman–Crippen MR) is 124 cm³/mol. The number of aliphatic carboxylic acids is 1. The molecule has 4 fully saturated rings. The van der Waals surface area contributed by atoms with Gasteiger partial charge in [-0.1, -0.05) is 13.0 Å². The number of hydrogen-bond donors (Lipinski definition) is 2. The van der Waals surface area contributed by atoms with Gasteiger partial charge >= 0.3 is 5.97 Å². The first-order chi connectivity index (χ1) is 15.9. The van der Waals surface area contributed by atoms with Crippen LogP contribution in [0.25, 0.3) is 0 Å². The number of thioether (sulfide) groups is 1. The summed E-state index contributed by atoms with van der Waals surface area (Å²) in [6.07, 6.45) is 3.52. The van der Waals surface area contributed by atoms with Gasteiger partial charge in [0.15, 0.2) is 0 Å². The lowest BCUT2D eigenvalue weighted by Gasteiger charge is -2.40. The monoisotopic (exact) mass is 481 g/mol. The van der Waals surface area contributed by atoms with Crippen LogP contribution in [0.2, 0.25) is 0 Å². The van der Waals surface area contributed by atoms with Crippen molar-refractivity contribution in [2.45, 2.75) is 48.3 Å². The van der Waals surface area contributed by atoms with Crippen LogP contribution in [0.1, 0.15) is 26.2 Å². The van der Waals surface area contributed by atoms with E-state index >= 15 is 0 Å². The molecular weight excluding hydrogens is 446 g/mol. The van der Waals surface area contributed by atoms with Gasteiger partial charge in [0.1, 0.15) is 6.04 Å². The number of morpholine rings is 1. The molecule has 4 aliphatic rings. The standard InChI is InChI=1S/C23H35N3O6S/c1-3-7-25(9-8-24-10-12-32-13-11-24)21(29)19-23-6-5-16(33-23)17(22(30)31)18(23)20(28)26(19)15(4-2)14-27/h3,15-19,27H,1,4-14H2,2H3,(H,30,31)/t15-,16+,17-,18-,19?,23?/m0/s1. The number of fused-ring (bicyclic) bond motifs is 1. The summed E-state index contributed by atoms with van der Waals surface area (Å²) in [5.74, 6) is -2.92. The van der Waals surface area contributed by atoms with Crippen molar-refractivity contribution in [3.8, 4) is 0 Å². The van der Waals surface area contributed by atoms with Gasteiger partial charge in [0.05, 0.1) is 42.4 Å². The first-order valence-electron chi connectivity index (χ1n) is 11.9. The number of ether oxygens (including phenoxy) is 1. The molecule has 4 heterocycles. The number of aliphatic hydroxyl groups excluding tert-OH is 1. The molecule has 0 saturated carbocycles. The molecule has 2 bridgehead atoms. The molecule has 4 aliphatic heterocycles. The zero-order valence-corrected chi connectivity index (χ0v) is 20.0. The second-order valence-corrected chi connectivity index (χ2v) is 11.0. The van der Waals surface area contributed by atoms with Crippen LogP contribution in [0.15, 0.2) is 12.7 Å². The summed E-state index contributed by atoms with van der Waals surface area (Å²) in [6, 6.07) is -1.28. The van der Waals surface area contributed by atoms with Crippen molar-refractivity contribution in [2.24, 2.45) is 11.8 Å². The van der Waals surface area contributed by atoms with Gasteiger partial charge in [-0.3, -0.25) is 19.3 Å². The Bertz CT molecular complexity index is 786. The number of amides is 2. The van der Waals surface area contributed by atoms with Gasteiger partial charge in [0, 0.05) is 38.0 Å². The molecule has 33 heavy (non-hydrogen) atoms. The Hall–Kier alpha value is -1.62. The third kappa shape index (κ3) is 4.09. The van der Waals surface area contributed by atoms with E-state index in [1.807, 2.05) is 6.92 Å². The molecule has 0 aromatic rings. The van der Waals surface area contributed by atoms with Gasteiger partial charge in [0.2, 0.25) is 11.8 Å². The van der Waals surface area contributed by atoms with Crippen molar-refractivity contribution in [1.29, 1.82) is 0 Å². The highest BCUT2D eigenvalue weighted by Gasteiger charge is 2.74.